The third-order valence-corrected chi connectivity index (χ3v) is 3.56. The number of hydrogen-bond donors (Lipinski definition) is 0. The first-order valence-electron chi connectivity index (χ1n) is 6.60. The molecule has 0 aromatic heterocycles. The van der Waals surface area contributed by atoms with Crippen molar-refractivity contribution in [1.82, 2.24) is 0 Å². The van der Waals surface area contributed by atoms with E-state index in [0.29, 0.717) is 0 Å². The molecule has 0 radical (unpaired) electrons. The van der Waals surface area contributed by atoms with E-state index in [-0.39, 0.29) is 5.60 Å². The van der Waals surface area contributed by atoms with Gasteiger partial charge in [-0.25, -0.2) is 9.78 Å². The lowest BCUT2D eigenvalue weighted by molar-refractivity contribution is -0.339. The summed E-state index contributed by atoms with van der Waals surface area (Å²) in [6.07, 6.45) is 0.800. The molecular formula is C17H18O2. The molecule has 0 N–H and O–H groups in total. The Labute approximate surface area is 113 Å². The van der Waals surface area contributed by atoms with Gasteiger partial charge >= 0.3 is 0 Å². The summed E-state index contributed by atoms with van der Waals surface area (Å²) in [7, 11) is 0. The number of hydrogen-bond acceptors (Lipinski definition) is 2. The van der Waals surface area contributed by atoms with Gasteiger partial charge in [-0.2, -0.15) is 0 Å². The van der Waals surface area contributed by atoms with Crippen molar-refractivity contribution in [2.24, 2.45) is 0 Å². The molecule has 1 aliphatic rings. The van der Waals surface area contributed by atoms with Gasteiger partial charge in [0.25, 0.3) is 0 Å². The van der Waals surface area contributed by atoms with Gasteiger partial charge < -0.3 is 0 Å². The van der Waals surface area contributed by atoms with Crippen LogP contribution in [0, 0.1) is 0 Å². The van der Waals surface area contributed by atoms with Gasteiger partial charge in [0, 0.05) is 6.42 Å². The Bertz CT molecular complexity index is 506. The van der Waals surface area contributed by atoms with Crippen molar-refractivity contribution in [2.75, 3.05) is 0 Å². The second-order valence-electron chi connectivity index (χ2n) is 5.66. The summed E-state index contributed by atoms with van der Waals surface area (Å²) in [5.41, 5.74) is 1.47. The highest BCUT2D eigenvalue weighted by molar-refractivity contribution is 5.37. The molecule has 2 aromatic rings. The van der Waals surface area contributed by atoms with E-state index >= 15 is 0 Å². The van der Waals surface area contributed by atoms with Gasteiger partial charge in [-0.15, -0.1) is 0 Å². The zero-order valence-corrected chi connectivity index (χ0v) is 11.3. The first-order valence-corrected chi connectivity index (χ1v) is 6.60. The maximum Gasteiger partial charge on any atom is 0.156 e. The summed E-state index contributed by atoms with van der Waals surface area (Å²) < 4.78 is 0. The van der Waals surface area contributed by atoms with E-state index < -0.39 is 5.60 Å². The molecule has 0 amide bonds. The van der Waals surface area contributed by atoms with Crippen LogP contribution < -0.4 is 0 Å². The van der Waals surface area contributed by atoms with E-state index in [4.69, 9.17) is 9.78 Å². The van der Waals surface area contributed by atoms with Crippen LogP contribution in [-0.4, -0.2) is 5.60 Å². The van der Waals surface area contributed by atoms with Crippen LogP contribution in [0.2, 0.25) is 0 Å². The monoisotopic (exact) mass is 254 g/mol. The van der Waals surface area contributed by atoms with Crippen molar-refractivity contribution < 1.29 is 9.78 Å². The fourth-order valence-electron chi connectivity index (χ4n) is 2.72. The summed E-state index contributed by atoms with van der Waals surface area (Å²) >= 11 is 0. The molecule has 0 atom stereocenters. The summed E-state index contributed by atoms with van der Waals surface area (Å²) in [5.74, 6) is 0. The van der Waals surface area contributed by atoms with Gasteiger partial charge in [0.2, 0.25) is 0 Å². The largest absolute Gasteiger partial charge is 0.229 e. The molecule has 19 heavy (non-hydrogen) atoms. The molecule has 98 valence electrons. The lowest BCUT2D eigenvalue weighted by atomic mass is 9.79. The van der Waals surface area contributed by atoms with Crippen LogP contribution in [0.25, 0.3) is 0 Å². The average Bonchev–Trinajstić information content (AvgIpc) is 2.78. The Hall–Kier alpha value is -1.64. The Morgan fingerprint density at radius 3 is 1.58 bits per heavy atom. The van der Waals surface area contributed by atoms with Crippen LogP contribution in [0.4, 0.5) is 0 Å². The van der Waals surface area contributed by atoms with E-state index in [1.807, 2.05) is 36.4 Å². The quantitative estimate of drug-likeness (QED) is 0.752. The first-order chi connectivity index (χ1) is 9.12. The standard InChI is InChI=1S/C17H18O2/c1-16(2)13-17(19-18-16,14-9-5-3-6-10-14)15-11-7-4-8-12-15/h3-12H,13H2,1-2H3. The van der Waals surface area contributed by atoms with Gasteiger partial charge in [0.05, 0.1) is 0 Å². The minimum absolute atomic E-state index is 0.286. The Balaban J connectivity index is 2.13. The van der Waals surface area contributed by atoms with Gasteiger partial charge in [-0.05, 0) is 25.0 Å². The highest BCUT2D eigenvalue weighted by Gasteiger charge is 2.49. The van der Waals surface area contributed by atoms with Gasteiger partial charge in [-0.1, -0.05) is 60.7 Å². The van der Waals surface area contributed by atoms with Crippen LogP contribution in [0.15, 0.2) is 60.7 Å². The van der Waals surface area contributed by atoms with Crippen LogP contribution >= 0.6 is 0 Å². The number of benzene rings is 2. The van der Waals surface area contributed by atoms with Crippen LogP contribution in [0.1, 0.15) is 31.4 Å². The third-order valence-electron chi connectivity index (χ3n) is 3.56. The summed E-state index contributed by atoms with van der Waals surface area (Å²) in [6, 6.07) is 20.6. The molecule has 0 unspecified atom stereocenters. The second kappa shape index (κ2) is 4.48. The molecule has 1 aliphatic heterocycles. The maximum atomic E-state index is 5.83. The smallest absolute Gasteiger partial charge is 0.156 e. The van der Waals surface area contributed by atoms with E-state index in [9.17, 15) is 0 Å². The van der Waals surface area contributed by atoms with Gasteiger partial charge in [0.1, 0.15) is 5.60 Å². The molecule has 0 bridgehead atoms. The van der Waals surface area contributed by atoms with Crippen molar-refractivity contribution >= 4 is 0 Å². The minimum atomic E-state index is -0.508. The lowest BCUT2D eigenvalue weighted by Gasteiger charge is -2.27. The van der Waals surface area contributed by atoms with Crippen LogP contribution in [-0.2, 0) is 15.4 Å². The highest BCUT2D eigenvalue weighted by Crippen LogP contribution is 2.47. The van der Waals surface area contributed by atoms with E-state index in [1.165, 1.54) is 0 Å². The van der Waals surface area contributed by atoms with Crippen molar-refractivity contribution in [3.63, 3.8) is 0 Å². The zero-order chi connectivity index (χ0) is 13.3. The van der Waals surface area contributed by atoms with Crippen molar-refractivity contribution in [2.45, 2.75) is 31.5 Å². The fraction of sp³-hybridized carbons (Fsp3) is 0.294. The fourth-order valence-corrected chi connectivity index (χ4v) is 2.72. The first kappa shape index (κ1) is 12.4. The molecule has 1 fully saturated rings. The summed E-state index contributed by atoms with van der Waals surface area (Å²) in [4.78, 5) is 11.4. The lowest BCUT2D eigenvalue weighted by Crippen LogP contribution is -2.28. The van der Waals surface area contributed by atoms with Gasteiger partial charge in [-0.3, -0.25) is 0 Å². The highest BCUT2D eigenvalue weighted by atomic mass is 17.2. The summed E-state index contributed by atoms with van der Waals surface area (Å²) in [6.45, 7) is 4.11. The minimum Gasteiger partial charge on any atom is -0.229 e. The number of rotatable bonds is 2. The molecule has 0 saturated carbocycles. The Kier molecular flexibility index (Phi) is 2.92. The molecular weight excluding hydrogens is 236 g/mol. The van der Waals surface area contributed by atoms with E-state index in [2.05, 4.69) is 38.1 Å². The van der Waals surface area contributed by atoms with Crippen molar-refractivity contribution in [1.29, 1.82) is 0 Å². The van der Waals surface area contributed by atoms with Crippen LogP contribution in [0.3, 0.4) is 0 Å². The summed E-state index contributed by atoms with van der Waals surface area (Å²) in [5, 5.41) is 0. The normalized spacial score (nSPS) is 20.3. The molecule has 2 aromatic carbocycles. The topological polar surface area (TPSA) is 18.5 Å². The third kappa shape index (κ3) is 2.18. The molecule has 1 heterocycles. The van der Waals surface area contributed by atoms with E-state index in [0.717, 1.165) is 17.5 Å². The molecule has 0 spiro atoms. The van der Waals surface area contributed by atoms with Crippen LogP contribution in [0.5, 0.6) is 0 Å². The molecule has 2 heteroatoms. The second-order valence-corrected chi connectivity index (χ2v) is 5.66. The average molecular weight is 254 g/mol. The van der Waals surface area contributed by atoms with Crippen molar-refractivity contribution in [3.05, 3.63) is 71.8 Å². The maximum absolute atomic E-state index is 5.83. The Morgan fingerprint density at radius 1 is 0.737 bits per heavy atom. The molecule has 3 rings (SSSR count). The predicted octanol–water partition coefficient (Wildman–Crippen LogP) is 4.06. The molecule has 1 saturated heterocycles. The zero-order valence-electron chi connectivity index (χ0n) is 11.3. The predicted molar refractivity (Wildman–Crippen MR) is 74.5 cm³/mol. The SMILES string of the molecule is CC1(C)CC(c2ccccc2)(c2ccccc2)OO1. The molecule has 0 aliphatic carbocycles. The van der Waals surface area contributed by atoms with Gasteiger partial charge in [0.15, 0.2) is 5.60 Å². The van der Waals surface area contributed by atoms with Crippen molar-refractivity contribution in [3.8, 4) is 0 Å². The van der Waals surface area contributed by atoms with E-state index in [1.54, 1.807) is 0 Å². The Morgan fingerprint density at radius 2 is 1.21 bits per heavy atom. The molecule has 2 nitrogen and oxygen atoms in total.